The molecule has 0 aliphatic rings. The maximum Gasteiger partial charge on any atom is 0.260 e. The van der Waals surface area contributed by atoms with Crippen molar-refractivity contribution in [1.29, 1.82) is 0 Å². The Labute approximate surface area is 203 Å². The zero-order chi connectivity index (χ0) is 24.7. The van der Waals surface area contributed by atoms with E-state index in [0.717, 1.165) is 0 Å². The minimum Gasteiger partial charge on any atom is -0.381 e. The van der Waals surface area contributed by atoms with Gasteiger partial charge in [-0.2, -0.15) is 4.80 Å². The lowest BCUT2D eigenvalue weighted by molar-refractivity contribution is 0.0940. The number of amides is 1. The summed E-state index contributed by atoms with van der Waals surface area (Å²) in [5.74, 6) is 0.0980. The first-order valence-electron chi connectivity index (χ1n) is 10.8. The van der Waals surface area contributed by atoms with E-state index >= 15 is 0 Å². The molecule has 0 aliphatic heterocycles. The van der Waals surface area contributed by atoms with Crippen LogP contribution < -0.4 is 16.6 Å². The van der Waals surface area contributed by atoms with E-state index < -0.39 is 11.9 Å². The lowest BCUT2D eigenvalue weighted by atomic mass is 10.1. The second-order valence-electron chi connectivity index (χ2n) is 8.02. The Morgan fingerprint density at radius 1 is 1.26 bits per heavy atom. The number of rotatable bonds is 6. The smallest absolute Gasteiger partial charge is 0.260 e. The number of nitrogens with two attached hydrogens (primary N) is 1. The summed E-state index contributed by atoms with van der Waals surface area (Å²) in [6.07, 6.45) is 3.58. The third-order valence-corrected chi connectivity index (χ3v) is 5.98. The molecule has 0 saturated carbocycles. The molecule has 0 fully saturated rings. The summed E-state index contributed by atoms with van der Waals surface area (Å²) in [5.41, 5.74) is 6.82. The lowest BCUT2D eigenvalue weighted by Crippen LogP contribution is -2.33. The van der Waals surface area contributed by atoms with E-state index in [1.807, 2.05) is 12.1 Å². The molecule has 1 aromatic carbocycles. The number of carbonyl (C=O) groups is 1. The standard InChI is InChI=1S/C22H21ClN10O2/c1-12(26-21(34)18-19(24)29-33-9-4-8-25-20(18)33)15-11-13-5-3-6-14(23)17(13)22(35)32(15)10-7-16-27-30-31(2)28-16/h3-6,8-9,11-12H,7,10H2,1-2H3,(H2,24,29)(H,26,34). The summed E-state index contributed by atoms with van der Waals surface area (Å²) in [6.45, 7) is 2.05. The summed E-state index contributed by atoms with van der Waals surface area (Å²) >= 11 is 6.36. The number of aryl methyl sites for hydroxylation is 2. The number of pyridine rings is 1. The first-order valence-corrected chi connectivity index (χ1v) is 11.2. The molecule has 0 saturated heterocycles. The molecule has 4 aromatic heterocycles. The van der Waals surface area contributed by atoms with Gasteiger partial charge < -0.3 is 15.6 Å². The van der Waals surface area contributed by atoms with Crippen molar-refractivity contribution >= 4 is 39.7 Å². The van der Waals surface area contributed by atoms with Crippen LogP contribution in [0.4, 0.5) is 5.82 Å². The van der Waals surface area contributed by atoms with Gasteiger partial charge in [0.15, 0.2) is 17.3 Å². The van der Waals surface area contributed by atoms with E-state index in [1.54, 1.807) is 49.1 Å². The molecule has 5 aromatic rings. The van der Waals surface area contributed by atoms with Gasteiger partial charge in [-0.3, -0.25) is 9.59 Å². The lowest BCUT2D eigenvalue weighted by Gasteiger charge is -2.21. The first-order chi connectivity index (χ1) is 16.8. The largest absolute Gasteiger partial charge is 0.381 e. The number of hydrogen-bond acceptors (Lipinski definition) is 8. The van der Waals surface area contributed by atoms with Crippen LogP contribution in [0.2, 0.25) is 5.02 Å². The average Bonchev–Trinajstić information content (AvgIpc) is 3.39. The second-order valence-corrected chi connectivity index (χ2v) is 8.43. The topological polar surface area (TPSA) is 151 Å². The van der Waals surface area contributed by atoms with Crippen molar-refractivity contribution in [1.82, 2.24) is 44.7 Å². The highest BCUT2D eigenvalue weighted by Crippen LogP contribution is 2.24. The highest BCUT2D eigenvalue weighted by Gasteiger charge is 2.23. The van der Waals surface area contributed by atoms with Crippen molar-refractivity contribution in [3.63, 3.8) is 0 Å². The zero-order valence-corrected chi connectivity index (χ0v) is 19.6. The van der Waals surface area contributed by atoms with Crippen molar-refractivity contribution in [3.05, 3.63) is 75.2 Å². The first kappa shape index (κ1) is 22.5. The minimum atomic E-state index is -0.563. The van der Waals surface area contributed by atoms with E-state index in [2.05, 4.69) is 30.8 Å². The van der Waals surface area contributed by atoms with Gasteiger partial charge in [-0.05, 0) is 35.7 Å². The number of carbonyl (C=O) groups excluding carboxylic acids is 1. The molecular formula is C22H21ClN10O2. The van der Waals surface area contributed by atoms with E-state index in [9.17, 15) is 9.59 Å². The van der Waals surface area contributed by atoms with Gasteiger partial charge in [-0.15, -0.1) is 15.3 Å². The number of benzene rings is 1. The van der Waals surface area contributed by atoms with Crippen LogP contribution in [0.25, 0.3) is 16.4 Å². The predicted octanol–water partition coefficient (Wildman–Crippen LogP) is 1.54. The molecule has 12 nitrogen and oxygen atoms in total. The molecule has 1 amide bonds. The van der Waals surface area contributed by atoms with Crippen LogP contribution in [0.5, 0.6) is 0 Å². The summed E-state index contributed by atoms with van der Waals surface area (Å²) in [7, 11) is 1.67. The highest BCUT2D eigenvalue weighted by atomic mass is 35.5. The molecule has 35 heavy (non-hydrogen) atoms. The summed E-state index contributed by atoms with van der Waals surface area (Å²) < 4.78 is 3.02. The van der Waals surface area contributed by atoms with Gasteiger partial charge in [-0.25, -0.2) is 9.50 Å². The highest BCUT2D eigenvalue weighted by molar-refractivity contribution is 6.35. The second kappa shape index (κ2) is 8.80. The molecule has 0 radical (unpaired) electrons. The average molecular weight is 493 g/mol. The number of hydrogen-bond donors (Lipinski definition) is 2. The number of aromatic nitrogens is 8. The maximum atomic E-state index is 13.5. The number of nitrogen functional groups attached to an aromatic ring is 1. The van der Waals surface area contributed by atoms with Crippen molar-refractivity contribution in [2.75, 3.05) is 5.73 Å². The number of fused-ring (bicyclic) bond motifs is 2. The maximum absolute atomic E-state index is 13.5. The van der Waals surface area contributed by atoms with Crippen LogP contribution >= 0.6 is 11.6 Å². The number of tetrazole rings is 1. The van der Waals surface area contributed by atoms with E-state index in [1.165, 1.54) is 9.31 Å². The van der Waals surface area contributed by atoms with Crippen LogP contribution in [0, 0.1) is 0 Å². The van der Waals surface area contributed by atoms with Gasteiger partial charge in [-0.1, -0.05) is 23.7 Å². The monoisotopic (exact) mass is 492 g/mol. The molecule has 13 heteroatoms. The van der Waals surface area contributed by atoms with Crippen molar-refractivity contribution in [2.24, 2.45) is 7.05 Å². The fourth-order valence-corrected chi connectivity index (χ4v) is 4.33. The summed E-state index contributed by atoms with van der Waals surface area (Å²) in [5, 5.41) is 20.5. The molecule has 3 N–H and O–H groups in total. The molecule has 5 rings (SSSR count). The molecule has 0 aliphatic carbocycles. The van der Waals surface area contributed by atoms with Gasteiger partial charge in [0.2, 0.25) is 0 Å². The number of nitrogens with zero attached hydrogens (tertiary/aromatic N) is 8. The molecule has 0 bridgehead atoms. The third-order valence-electron chi connectivity index (χ3n) is 5.67. The van der Waals surface area contributed by atoms with Crippen LogP contribution in [-0.4, -0.2) is 45.3 Å². The quantitative estimate of drug-likeness (QED) is 0.362. The molecule has 0 spiro atoms. The SMILES string of the molecule is CC(NC(=O)c1c(N)nn2cccnc12)c1cc2cccc(Cl)c2c(=O)n1CCc1nnn(C)n1. The van der Waals surface area contributed by atoms with Crippen molar-refractivity contribution < 1.29 is 4.79 Å². The van der Waals surface area contributed by atoms with E-state index in [-0.39, 0.29) is 23.5 Å². The van der Waals surface area contributed by atoms with Gasteiger partial charge >= 0.3 is 0 Å². The Bertz CT molecular complexity index is 1640. The molecule has 1 atom stereocenters. The summed E-state index contributed by atoms with van der Waals surface area (Å²) in [4.78, 5) is 32.3. The van der Waals surface area contributed by atoms with Gasteiger partial charge in [0, 0.05) is 31.1 Å². The fourth-order valence-electron chi connectivity index (χ4n) is 4.07. The van der Waals surface area contributed by atoms with Crippen molar-refractivity contribution in [2.45, 2.75) is 25.9 Å². The van der Waals surface area contributed by atoms with Gasteiger partial charge in [0.05, 0.1) is 23.5 Å². The van der Waals surface area contributed by atoms with Crippen LogP contribution in [0.15, 0.2) is 47.5 Å². The minimum absolute atomic E-state index is 0.0600. The normalized spacial score (nSPS) is 12.3. The number of nitrogens with one attached hydrogen (secondary N) is 1. The van der Waals surface area contributed by atoms with Gasteiger partial charge in [0.1, 0.15) is 5.56 Å². The molecule has 1 unspecified atom stereocenters. The Morgan fingerprint density at radius 3 is 2.86 bits per heavy atom. The van der Waals surface area contributed by atoms with Crippen LogP contribution in [0.3, 0.4) is 0 Å². The van der Waals surface area contributed by atoms with Crippen LogP contribution in [0.1, 0.15) is 34.8 Å². The van der Waals surface area contributed by atoms with Crippen molar-refractivity contribution in [3.8, 4) is 0 Å². The Hall–Kier alpha value is -4.32. The Balaban J connectivity index is 1.54. The van der Waals surface area contributed by atoms with E-state index in [0.29, 0.717) is 39.4 Å². The Kier molecular flexibility index (Phi) is 5.65. The van der Waals surface area contributed by atoms with E-state index in [4.69, 9.17) is 17.3 Å². The molecule has 4 heterocycles. The fraction of sp³-hybridized carbons (Fsp3) is 0.227. The number of halogens is 1. The molecular weight excluding hydrogens is 472 g/mol. The zero-order valence-electron chi connectivity index (χ0n) is 18.9. The molecule has 178 valence electrons. The predicted molar refractivity (Wildman–Crippen MR) is 129 cm³/mol. The third kappa shape index (κ3) is 4.08. The van der Waals surface area contributed by atoms with Crippen LogP contribution in [-0.2, 0) is 20.0 Å². The number of anilines is 1. The summed E-state index contributed by atoms with van der Waals surface area (Å²) in [6, 6.07) is 8.22. The Morgan fingerprint density at radius 2 is 2.09 bits per heavy atom. The van der Waals surface area contributed by atoms with Gasteiger partial charge in [0.25, 0.3) is 11.5 Å².